The van der Waals surface area contributed by atoms with Crippen molar-refractivity contribution in [2.45, 2.75) is 19.3 Å². The second-order valence-electron chi connectivity index (χ2n) is 4.50. The van der Waals surface area contributed by atoms with Gasteiger partial charge in [-0.05, 0) is 31.7 Å². The van der Waals surface area contributed by atoms with Crippen molar-refractivity contribution in [2.75, 3.05) is 39.8 Å². The number of aliphatic hydroxyl groups is 1. The molecule has 0 spiro atoms. The minimum absolute atomic E-state index is 0.127. The van der Waals surface area contributed by atoms with Crippen molar-refractivity contribution in [3.05, 3.63) is 0 Å². The van der Waals surface area contributed by atoms with Crippen LogP contribution in [0, 0.1) is 5.92 Å². The summed E-state index contributed by atoms with van der Waals surface area (Å²) in [7, 11) is -1.75. The zero-order chi connectivity index (χ0) is 12.9. The van der Waals surface area contributed by atoms with Gasteiger partial charge in [-0.25, -0.2) is 0 Å². The number of hydrogen-bond acceptors (Lipinski definition) is 4. The lowest BCUT2D eigenvalue weighted by molar-refractivity contribution is 0.259. The molecule has 6 nitrogen and oxygen atoms in total. The molecule has 0 bridgehead atoms. The molecule has 0 aromatic rings. The maximum Gasteiger partial charge on any atom is 0.281 e. The second-order valence-corrected chi connectivity index (χ2v) is 6.53. The fraction of sp³-hybridized carbons (Fsp3) is 1.00. The predicted molar refractivity (Wildman–Crippen MR) is 66.6 cm³/mol. The average molecular weight is 265 g/mol. The van der Waals surface area contributed by atoms with Crippen LogP contribution in [0.3, 0.4) is 0 Å². The van der Waals surface area contributed by atoms with Crippen molar-refractivity contribution in [2.24, 2.45) is 11.7 Å². The first-order chi connectivity index (χ1) is 8.02. The van der Waals surface area contributed by atoms with E-state index >= 15 is 0 Å². The summed E-state index contributed by atoms with van der Waals surface area (Å²) >= 11 is 0. The third kappa shape index (κ3) is 3.89. The van der Waals surface area contributed by atoms with Crippen molar-refractivity contribution in [3.63, 3.8) is 0 Å². The molecule has 1 unspecified atom stereocenters. The van der Waals surface area contributed by atoms with E-state index in [0.29, 0.717) is 39.0 Å². The minimum Gasteiger partial charge on any atom is -0.396 e. The molecule has 0 aliphatic carbocycles. The van der Waals surface area contributed by atoms with Gasteiger partial charge in [-0.1, -0.05) is 0 Å². The Morgan fingerprint density at radius 2 is 2.24 bits per heavy atom. The van der Waals surface area contributed by atoms with Crippen molar-refractivity contribution >= 4 is 10.2 Å². The molecular weight excluding hydrogens is 242 g/mol. The van der Waals surface area contributed by atoms with E-state index < -0.39 is 10.2 Å². The summed E-state index contributed by atoms with van der Waals surface area (Å²) in [5, 5.41) is 8.85. The maximum atomic E-state index is 12.1. The number of aliphatic hydroxyl groups excluding tert-OH is 1. The fourth-order valence-electron chi connectivity index (χ4n) is 2.05. The molecule has 7 heteroatoms. The van der Waals surface area contributed by atoms with E-state index in [2.05, 4.69) is 0 Å². The number of nitrogens with zero attached hydrogens (tertiary/aromatic N) is 2. The Morgan fingerprint density at radius 1 is 1.53 bits per heavy atom. The summed E-state index contributed by atoms with van der Waals surface area (Å²) in [6.07, 6.45) is 2.19. The molecule has 102 valence electrons. The van der Waals surface area contributed by atoms with Crippen molar-refractivity contribution in [3.8, 4) is 0 Å². The second kappa shape index (κ2) is 6.65. The van der Waals surface area contributed by atoms with Gasteiger partial charge in [-0.3, -0.25) is 0 Å². The number of hydrogen-bond donors (Lipinski definition) is 2. The van der Waals surface area contributed by atoms with Crippen LogP contribution >= 0.6 is 0 Å². The van der Waals surface area contributed by atoms with E-state index in [1.165, 1.54) is 8.61 Å². The predicted octanol–water partition coefficient (Wildman–Crippen LogP) is -0.784. The summed E-state index contributed by atoms with van der Waals surface area (Å²) in [6, 6.07) is 0. The molecule has 3 N–H and O–H groups in total. The van der Waals surface area contributed by atoms with Gasteiger partial charge in [0.05, 0.1) is 0 Å². The summed E-state index contributed by atoms with van der Waals surface area (Å²) in [5.41, 5.74) is 5.37. The molecule has 1 saturated heterocycles. The van der Waals surface area contributed by atoms with Gasteiger partial charge in [0.2, 0.25) is 0 Å². The Bertz CT molecular complexity index is 321. The van der Waals surface area contributed by atoms with Gasteiger partial charge in [0, 0.05) is 33.3 Å². The molecule has 1 fully saturated rings. The first-order valence-corrected chi connectivity index (χ1v) is 7.44. The normalized spacial score (nSPS) is 22.5. The van der Waals surface area contributed by atoms with E-state index in [-0.39, 0.29) is 12.5 Å². The van der Waals surface area contributed by atoms with Gasteiger partial charge < -0.3 is 10.8 Å². The van der Waals surface area contributed by atoms with Crippen molar-refractivity contribution < 1.29 is 13.5 Å². The first kappa shape index (κ1) is 14.8. The summed E-state index contributed by atoms with van der Waals surface area (Å²) < 4.78 is 27.1. The zero-order valence-electron chi connectivity index (χ0n) is 10.4. The quantitative estimate of drug-likeness (QED) is 0.632. The summed E-state index contributed by atoms with van der Waals surface area (Å²) in [4.78, 5) is 0. The molecule has 0 aromatic heterocycles. The number of rotatable bonds is 7. The molecule has 0 radical (unpaired) electrons. The minimum atomic E-state index is -3.33. The van der Waals surface area contributed by atoms with Crippen molar-refractivity contribution in [1.29, 1.82) is 0 Å². The lowest BCUT2D eigenvalue weighted by atomic mass is 10.1. The van der Waals surface area contributed by atoms with Crippen LogP contribution in [0.15, 0.2) is 0 Å². The van der Waals surface area contributed by atoms with Crippen LogP contribution in [0.4, 0.5) is 0 Å². The maximum absolute atomic E-state index is 12.1. The Labute approximate surface area is 104 Å². The largest absolute Gasteiger partial charge is 0.396 e. The van der Waals surface area contributed by atoms with Crippen LogP contribution in [0.25, 0.3) is 0 Å². The van der Waals surface area contributed by atoms with Crippen LogP contribution < -0.4 is 5.73 Å². The SMILES string of the molecule is CN(CCCN)S(=O)(=O)N1CCC(CCO)C1. The molecule has 0 saturated carbocycles. The van der Waals surface area contributed by atoms with Crippen LogP contribution in [0.2, 0.25) is 0 Å². The molecule has 1 aliphatic rings. The third-order valence-electron chi connectivity index (χ3n) is 3.18. The van der Waals surface area contributed by atoms with Gasteiger partial charge in [-0.15, -0.1) is 0 Å². The smallest absolute Gasteiger partial charge is 0.281 e. The Balaban J connectivity index is 2.53. The van der Waals surface area contributed by atoms with Crippen LogP contribution in [-0.2, 0) is 10.2 Å². The van der Waals surface area contributed by atoms with Crippen LogP contribution in [0.1, 0.15) is 19.3 Å². The Morgan fingerprint density at radius 3 is 2.82 bits per heavy atom. The molecule has 1 heterocycles. The monoisotopic (exact) mass is 265 g/mol. The average Bonchev–Trinajstić information content (AvgIpc) is 2.75. The molecule has 17 heavy (non-hydrogen) atoms. The first-order valence-electron chi connectivity index (χ1n) is 6.04. The van der Waals surface area contributed by atoms with Gasteiger partial charge in [0.1, 0.15) is 0 Å². The lowest BCUT2D eigenvalue weighted by Gasteiger charge is -2.24. The Kier molecular flexibility index (Phi) is 5.81. The van der Waals surface area contributed by atoms with Gasteiger partial charge in [0.25, 0.3) is 10.2 Å². The molecule has 1 aliphatic heterocycles. The van der Waals surface area contributed by atoms with Crippen LogP contribution in [0.5, 0.6) is 0 Å². The summed E-state index contributed by atoms with van der Waals surface area (Å²) in [5.74, 6) is 0.290. The number of nitrogens with two attached hydrogens (primary N) is 1. The molecular formula is C10H23N3O3S. The van der Waals surface area contributed by atoms with E-state index in [1.807, 2.05) is 0 Å². The highest BCUT2D eigenvalue weighted by Gasteiger charge is 2.33. The molecule has 0 aromatic carbocycles. The molecule has 1 atom stereocenters. The van der Waals surface area contributed by atoms with E-state index in [9.17, 15) is 8.42 Å². The van der Waals surface area contributed by atoms with Gasteiger partial charge in [-0.2, -0.15) is 17.0 Å². The fourth-order valence-corrected chi connectivity index (χ4v) is 3.54. The van der Waals surface area contributed by atoms with E-state index in [4.69, 9.17) is 10.8 Å². The standard InChI is InChI=1S/C10H23N3O3S/c1-12(6-2-5-11)17(15,16)13-7-3-10(9-13)4-8-14/h10,14H,2-9,11H2,1H3. The highest BCUT2D eigenvalue weighted by molar-refractivity contribution is 7.86. The molecule has 0 amide bonds. The lowest BCUT2D eigenvalue weighted by Crippen LogP contribution is -2.41. The van der Waals surface area contributed by atoms with Crippen LogP contribution in [-0.4, -0.2) is 62.0 Å². The van der Waals surface area contributed by atoms with E-state index in [0.717, 1.165) is 6.42 Å². The van der Waals surface area contributed by atoms with Crippen molar-refractivity contribution in [1.82, 2.24) is 8.61 Å². The third-order valence-corrected chi connectivity index (χ3v) is 5.14. The highest BCUT2D eigenvalue weighted by Crippen LogP contribution is 2.23. The zero-order valence-corrected chi connectivity index (χ0v) is 11.2. The highest BCUT2D eigenvalue weighted by atomic mass is 32.2. The topological polar surface area (TPSA) is 86.9 Å². The van der Waals surface area contributed by atoms with E-state index in [1.54, 1.807) is 7.05 Å². The Hall–Kier alpha value is -0.210. The summed E-state index contributed by atoms with van der Waals surface area (Å²) in [6.45, 7) is 2.16. The van der Waals surface area contributed by atoms with Gasteiger partial charge in [0.15, 0.2) is 0 Å². The molecule has 1 rings (SSSR count). The van der Waals surface area contributed by atoms with Gasteiger partial charge >= 0.3 is 0 Å².